The van der Waals surface area contributed by atoms with Crippen LogP contribution in [-0.4, -0.2) is 41.9 Å². The molecule has 1 aromatic rings. The van der Waals surface area contributed by atoms with Crippen LogP contribution in [-0.2, 0) is 19.8 Å². The molecule has 20 heavy (non-hydrogen) atoms. The highest BCUT2D eigenvalue weighted by Gasteiger charge is 2.52. The molecule has 1 aliphatic heterocycles. The minimum atomic E-state index is -1.34. The number of imide groups is 1. The van der Waals surface area contributed by atoms with Gasteiger partial charge < -0.3 is 9.84 Å². The van der Waals surface area contributed by atoms with Crippen molar-refractivity contribution in [2.24, 2.45) is 0 Å². The van der Waals surface area contributed by atoms with Crippen molar-refractivity contribution in [2.75, 3.05) is 14.2 Å². The van der Waals surface area contributed by atoms with E-state index in [2.05, 4.69) is 0 Å². The van der Waals surface area contributed by atoms with E-state index in [1.807, 2.05) is 0 Å². The zero-order valence-corrected chi connectivity index (χ0v) is 11.3. The Kier molecular flexibility index (Phi) is 3.48. The van der Waals surface area contributed by atoms with Gasteiger partial charge in [-0.15, -0.1) is 0 Å². The van der Waals surface area contributed by atoms with Gasteiger partial charge in [0.25, 0.3) is 0 Å². The summed E-state index contributed by atoms with van der Waals surface area (Å²) in [6.07, 6.45) is -0.559. The summed E-state index contributed by atoms with van der Waals surface area (Å²) < 4.78 is 5.10. The van der Waals surface area contributed by atoms with Crippen LogP contribution in [0.3, 0.4) is 0 Å². The fourth-order valence-electron chi connectivity index (χ4n) is 2.53. The molecule has 106 valence electrons. The van der Waals surface area contributed by atoms with E-state index in [-0.39, 0.29) is 12.3 Å². The van der Waals surface area contributed by atoms with Crippen LogP contribution in [0.25, 0.3) is 0 Å². The summed E-state index contributed by atoms with van der Waals surface area (Å²) in [5, 5.41) is 9.10. The molecule has 2 rings (SSSR count). The average molecular weight is 277 g/mol. The van der Waals surface area contributed by atoms with Gasteiger partial charge in [-0.1, -0.05) is 12.1 Å². The van der Waals surface area contributed by atoms with E-state index in [9.17, 15) is 14.4 Å². The first kappa shape index (κ1) is 14.0. The molecular weight excluding hydrogens is 262 g/mol. The Morgan fingerprint density at radius 3 is 2.65 bits per heavy atom. The normalized spacial score (nSPS) is 22.2. The van der Waals surface area contributed by atoms with E-state index < -0.39 is 23.7 Å². The molecule has 1 atom stereocenters. The zero-order chi connectivity index (χ0) is 14.9. The molecule has 0 bridgehead atoms. The monoisotopic (exact) mass is 277 g/mol. The Morgan fingerprint density at radius 1 is 1.45 bits per heavy atom. The van der Waals surface area contributed by atoms with Gasteiger partial charge in [-0.05, 0) is 17.7 Å². The van der Waals surface area contributed by atoms with Crippen molar-refractivity contribution in [3.05, 3.63) is 29.8 Å². The van der Waals surface area contributed by atoms with Gasteiger partial charge in [0.15, 0.2) is 0 Å². The number of carboxylic acid groups (broad SMARTS) is 1. The van der Waals surface area contributed by atoms with Crippen LogP contribution in [0.1, 0.15) is 18.4 Å². The second-order valence-corrected chi connectivity index (χ2v) is 4.82. The number of methoxy groups -OCH3 is 1. The predicted octanol–water partition coefficient (Wildman–Crippen LogP) is 0.796. The average Bonchev–Trinajstić information content (AvgIpc) is 2.63. The Bertz CT molecular complexity index is 579. The number of nitrogens with zero attached hydrogens (tertiary/aromatic N) is 1. The zero-order valence-electron chi connectivity index (χ0n) is 11.3. The summed E-state index contributed by atoms with van der Waals surface area (Å²) in [7, 11) is 2.85. The molecule has 1 aliphatic rings. The summed E-state index contributed by atoms with van der Waals surface area (Å²) in [6.45, 7) is 0. The number of hydrogen-bond donors (Lipinski definition) is 1. The van der Waals surface area contributed by atoms with Crippen molar-refractivity contribution in [1.82, 2.24) is 4.90 Å². The molecular formula is C14H15NO5. The summed E-state index contributed by atoms with van der Waals surface area (Å²) in [5.41, 5.74) is -0.853. The molecule has 0 spiro atoms. The topological polar surface area (TPSA) is 83.9 Å². The number of aliphatic carboxylic acids is 1. The molecule has 0 saturated carbocycles. The van der Waals surface area contributed by atoms with E-state index in [0.29, 0.717) is 11.3 Å². The lowest BCUT2D eigenvalue weighted by molar-refractivity contribution is -0.144. The number of carboxylic acids is 1. The lowest BCUT2D eigenvalue weighted by atomic mass is 9.76. The SMILES string of the molecule is COc1cccc(C2(CC(=O)O)CC(=O)N(C)C2=O)c1. The van der Waals surface area contributed by atoms with Crippen molar-refractivity contribution in [1.29, 1.82) is 0 Å². The molecule has 1 saturated heterocycles. The summed E-state index contributed by atoms with van der Waals surface area (Å²) >= 11 is 0. The number of benzene rings is 1. The number of ether oxygens (including phenoxy) is 1. The van der Waals surface area contributed by atoms with Gasteiger partial charge in [0.05, 0.1) is 18.9 Å². The molecule has 1 aromatic carbocycles. The fourth-order valence-corrected chi connectivity index (χ4v) is 2.53. The molecule has 1 fully saturated rings. The third kappa shape index (κ3) is 2.13. The van der Waals surface area contributed by atoms with Crippen molar-refractivity contribution in [2.45, 2.75) is 18.3 Å². The minimum absolute atomic E-state index is 0.137. The van der Waals surface area contributed by atoms with Crippen LogP contribution < -0.4 is 4.74 Å². The summed E-state index contributed by atoms with van der Waals surface area (Å²) in [6, 6.07) is 6.62. The molecule has 6 heteroatoms. The van der Waals surface area contributed by atoms with E-state index in [4.69, 9.17) is 9.84 Å². The molecule has 0 radical (unpaired) electrons. The molecule has 1 unspecified atom stereocenters. The highest BCUT2D eigenvalue weighted by atomic mass is 16.5. The van der Waals surface area contributed by atoms with Crippen molar-refractivity contribution >= 4 is 17.8 Å². The Balaban J connectivity index is 2.55. The number of rotatable bonds is 4. The van der Waals surface area contributed by atoms with E-state index >= 15 is 0 Å². The summed E-state index contributed by atoms with van der Waals surface area (Å²) in [4.78, 5) is 36.3. The van der Waals surface area contributed by atoms with Crippen LogP contribution in [0.2, 0.25) is 0 Å². The van der Waals surface area contributed by atoms with Crippen molar-refractivity contribution in [3.8, 4) is 5.75 Å². The minimum Gasteiger partial charge on any atom is -0.497 e. The largest absolute Gasteiger partial charge is 0.497 e. The van der Waals surface area contributed by atoms with E-state index in [1.165, 1.54) is 14.2 Å². The molecule has 2 amide bonds. The van der Waals surface area contributed by atoms with E-state index in [1.54, 1.807) is 24.3 Å². The second-order valence-electron chi connectivity index (χ2n) is 4.82. The number of likely N-dealkylation sites (tertiary alicyclic amines) is 1. The van der Waals surface area contributed by atoms with Gasteiger partial charge in [-0.3, -0.25) is 19.3 Å². The molecule has 6 nitrogen and oxygen atoms in total. The fraction of sp³-hybridized carbons (Fsp3) is 0.357. The molecule has 1 N–H and O–H groups in total. The number of likely N-dealkylation sites (N-methyl/N-ethyl adjacent to an activating group) is 1. The van der Waals surface area contributed by atoms with Gasteiger partial charge in [0.1, 0.15) is 5.75 Å². The highest BCUT2D eigenvalue weighted by Crippen LogP contribution is 2.40. The maximum absolute atomic E-state index is 12.4. The number of carbonyl (C=O) groups excluding carboxylic acids is 2. The van der Waals surface area contributed by atoms with Crippen LogP contribution in [0.5, 0.6) is 5.75 Å². The first-order chi connectivity index (χ1) is 9.40. The Morgan fingerprint density at radius 2 is 2.15 bits per heavy atom. The molecule has 0 aromatic heterocycles. The number of carbonyl (C=O) groups is 3. The van der Waals surface area contributed by atoms with Gasteiger partial charge >= 0.3 is 5.97 Å². The lowest BCUT2D eigenvalue weighted by Crippen LogP contribution is -2.38. The first-order valence-corrected chi connectivity index (χ1v) is 6.08. The third-order valence-corrected chi connectivity index (χ3v) is 3.62. The van der Waals surface area contributed by atoms with Crippen LogP contribution in [0, 0.1) is 0 Å². The van der Waals surface area contributed by atoms with Crippen molar-refractivity contribution in [3.63, 3.8) is 0 Å². The highest BCUT2D eigenvalue weighted by molar-refractivity contribution is 6.10. The standard InChI is InChI=1S/C14H15NO5/c1-15-11(16)7-14(13(15)19,8-12(17)18)9-4-3-5-10(6-9)20-2/h3-6H,7-8H2,1-2H3,(H,17,18). The Hall–Kier alpha value is -2.37. The maximum atomic E-state index is 12.4. The van der Waals surface area contributed by atoms with Crippen LogP contribution in [0.15, 0.2) is 24.3 Å². The Labute approximate surface area is 115 Å². The quantitative estimate of drug-likeness (QED) is 0.823. The molecule has 0 aliphatic carbocycles. The number of hydrogen-bond acceptors (Lipinski definition) is 4. The van der Waals surface area contributed by atoms with Crippen LogP contribution in [0.4, 0.5) is 0 Å². The van der Waals surface area contributed by atoms with Gasteiger partial charge in [0, 0.05) is 13.5 Å². The lowest BCUT2D eigenvalue weighted by Gasteiger charge is -2.25. The van der Waals surface area contributed by atoms with Gasteiger partial charge in [-0.2, -0.15) is 0 Å². The molecule has 1 heterocycles. The predicted molar refractivity (Wildman–Crippen MR) is 69.3 cm³/mol. The first-order valence-electron chi connectivity index (χ1n) is 6.08. The number of amides is 2. The smallest absolute Gasteiger partial charge is 0.304 e. The second kappa shape index (κ2) is 4.96. The third-order valence-electron chi connectivity index (χ3n) is 3.62. The maximum Gasteiger partial charge on any atom is 0.304 e. The van der Waals surface area contributed by atoms with Crippen molar-refractivity contribution < 1.29 is 24.2 Å². The van der Waals surface area contributed by atoms with Gasteiger partial charge in [-0.25, -0.2) is 0 Å². The van der Waals surface area contributed by atoms with Gasteiger partial charge in [0.2, 0.25) is 11.8 Å². The summed E-state index contributed by atoms with van der Waals surface area (Å²) in [5.74, 6) is -1.47. The van der Waals surface area contributed by atoms with E-state index in [0.717, 1.165) is 4.90 Å². The van der Waals surface area contributed by atoms with Crippen LogP contribution >= 0.6 is 0 Å².